The molecule has 0 radical (unpaired) electrons. The number of hydrogen-bond acceptors (Lipinski definition) is 3. The molecule has 0 saturated heterocycles. The molecule has 0 spiro atoms. The first-order chi connectivity index (χ1) is 7.79. The van der Waals surface area contributed by atoms with Crippen LogP contribution < -0.4 is 0 Å². The van der Waals surface area contributed by atoms with E-state index in [2.05, 4.69) is 22.3 Å². The van der Waals surface area contributed by atoms with E-state index in [0.29, 0.717) is 11.6 Å². The largest absolute Gasteiger partial charge is 0.267 e. The van der Waals surface area contributed by atoms with E-state index in [-0.39, 0.29) is 0 Å². The molecular formula is C11H10ClN3S. The third-order valence-electron chi connectivity index (χ3n) is 2.17. The summed E-state index contributed by atoms with van der Waals surface area (Å²) in [5, 5.41) is 4.83. The Morgan fingerprint density at radius 1 is 1.38 bits per heavy atom. The van der Waals surface area contributed by atoms with Crippen LogP contribution in [0.4, 0.5) is 0 Å². The summed E-state index contributed by atoms with van der Waals surface area (Å²) in [6.45, 7) is 0.595. The van der Waals surface area contributed by atoms with Gasteiger partial charge in [0.05, 0.1) is 12.3 Å². The van der Waals surface area contributed by atoms with Crippen molar-refractivity contribution in [1.82, 2.24) is 9.78 Å². The maximum atomic E-state index is 5.83. The maximum absolute atomic E-state index is 5.83. The van der Waals surface area contributed by atoms with E-state index in [4.69, 9.17) is 11.6 Å². The van der Waals surface area contributed by atoms with Gasteiger partial charge in [0.15, 0.2) is 0 Å². The highest BCUT2D eigenvalue weighted by atomic mass is 35.5. The zero-order valence-electron chi connectivity index (χ0n) is 8.42. The first kappa shape index (κ1) is 11.2. The SMILES string of the molecule is SN=C(Cn1cccn1)c1ccc(Cl)cc1. The normalized spacial score (nSPS) is 11.8. The molecule has 0 aliphatic rings. The summed E-state index contributed by atoms with van der Waals surface area (Å²) < 4.78 is 5.77. The van der Waals surface area contributed by atoms with Crippen molar-refractivity contribution in [2.45, 2.75) is 6.54 Å². The van der Waals surface area contributed by atoms with Crippen molar-refractivity contribution < 1.29 is 0 Å². The van der Waals surface area contributed by atoms with Gasteiger partial charge in [0.25, 0.3) is 0 Å². The van der Waals surface area contributed by atoms with Crippen LogP contribution in [-0.4, -0.2) is 15.5 Å². The van der Waals surface area contributed by atoms with Gasteiger partial charge in [0.1, 0.15) is 0 Å². The van der Waals surface area contributed by atoms with Gasteiger partial charge in [-0.2, -0.15) is 5.10 Å². The fraction of sp³-hybridized carbons (Fsp3) is 0.0909. The molecule has 0 atom stereocenters. The molecule has 0 aliphatic heterocycles. The van der Waals surface area contributed by atoms with Crippen molar-refractivity contribution in [3.8, 4) is 0 Å². The highest BCUT2D eigenvalue weighted by molar-refractivity contribution is 7.79. The maximum Gasteiger partial charge on any atom is 0.0844 e. The minimum atomic E-state index is 0.595. The molecule has 3 nitrogen and oxygen atoms in total. The van der Waals surface area contributed by atoms with Gasteiger partial charge in [-0.1, -0.05) is 23.7 Å². The minimum Gasteiger partial charge on any atom is -0.267 e. The number of thiol groups is 1. The quantitative estimate of drug-likeness (QED) is 0.660. The van der Waals surface area contributed by atoms with Crippen molar-refractivity contribution >= 4 is 30.1 Å². The lowest BCUT2D eigenvalue weighted by atomic mass is 10.1. The van der Waals surface area contributed by atoms with E-state index in [9.17, 15) is 0 Å². The molecule has 5 heteroatoms. The van der Waals surface area contributed by atoms with Crippen LogP contribution in [0.1, 0.15) is 5.56 Å². The standard InChI is InChI=1S/C11H10ClN3S/c12-10-4-2-9(3-5-10)11(14-16)8-15-7-1-6-13-15/h1-7,16H,8H2. The molecular weight excluding hydrogens is 242 g/mol. The van der Waals surface area contributed by atoms with Crippen molar-refractivity contribution in [2.75, 3.05) is 0 Å². The molecule has 1 aromatic carbocycles. The first-order valence-electron chi connectivity index (χ1n) is 4.74. The van der Waals surface area contributed by atoms with E-state index in [1.54, 1.807) is 10.9 Å². The van der Waals surface area contributed by atoms with Crippen LogP contribution in [0, 0.1) is 0 Å². The second kappa shape index (κ2) is 5.18. The summed E-state index contributed by atoms with van der Waals surface area (Å²) in [5.74, 6) is 0. The lowest BCUT2D eigenvalue weighted by molar-refractivity contribution is 0.725. The zero-order chi connectivity index (χ0) is 11.4. The second-order valence-electron chi connectivity index (χ2n) is 3.26. The van der Waals surface area contributed by atoms with Gasteiger partial charge in [0, 0.05) is 17.4 Å². The Balaban J connectivity index is 2.20. The third-order valence-corrected chi connectivity index (χ3v) is 2.66. The molecule has 0 unspecified atom stereocenters. The molecule has 0 amide bonds. The Labute approximate surface area is 104 Å². The van der Waals surface area contributed by atoms with Crippen LogP contribution >= 0.6 is 24.4 Å². The lowest BCUT2D eigenvalue weighted by Crippen LogP contribution is -2.11. The van der Waals surface area contributed by atoms with Gasteiger partial charge in [-0.25, -0.2) is 4.40 Å². The fourth-order valence-electron chi connectivity index (χ4n) is 1.37. The summed E-state index contributed by atoms with van der Waals surface area (Å²) in [6, 6.07) is 9.37. The highest BCUT2D eigenvalue weighted by Crippen LogP contribution is 2.11. The molecule has 1 heterocycles. The fourth-order valence-corrected chi connectivity index (χ4v) is 1.68. The smallest absolute Gasteiger partial charge is 0.0844 e. The summed E-state index contributed by atoms with van der Waals surface area (Å²) in [5.41, 5.74) is 1.85. The minimum absolute atomic E-state index is 0.595. The van der Waals surface area contributed by atoms with Crippen molar-refractivity contribution in [3.63, 3.8) is 0 Å². The topological polar surface area (TPSA) is 30.2 Å². The predicted molar refractivity (Wildman–Crippen MR) is 69.2 cm³/mol. The average Bonchev–Trinajstić information content (AvgIpc) is 2.80. The summed E-state index contributed by atoms with van der Waals surface area (Å²) in [6.07, 6.45) is 3.62. The van der Waals surface area contributed by atoms with Gasteiger partial charge in [0.2, 0.25) is 0 Å². The van der Waals surface area contributed by atoms with Crippen LogP contribution in [-0.2, 0) is 6.54 Å². The first-order valence-corrected chi connectivity index (χ1v) is 5.51. The molecule has 0 aliphatic carbocycles. The molecule has 2 aromatic rings. The van der Waals surface area contributed by atoms with Crippen molar-refractivity contribution in [1.29, 1.82) is 0 Å². The van der Waals surface area contributed by atoms with Gasteiger partial charge in [-0.3, -0.25) is 4.68 Å². The van der Waals surface area contributed by atoms with Crippen LogP contribution in [0.5, 0.6) is 0 Å². The zero-order valence-corrected chi connectivity index (χ0v) is 10.1. The number of benzene rings is 1. The monoisotopic (exact) mass is 251 g/mol. The summed E-state index contributed by atoms with van der Waals surface area (Å²) in [4.78, 5) is 0. The van der Waals surface area contributed by atoms with E-state index in [0.717, 1.165) is 11.3 Å². The number of halogens is 1. The number of hydrogen-bond donors (Lipinski definition) is 1. The van der Waals surface area contributed by atoms with Crippen molar-refractivity contribution in [2.24, 2.45) is 4.40 Å². The Bertz CT molecular complexity index is 476. The van der Waals surface area contributed by atoms with E-state index in [1.807, 2.05) is 36.5 Å². The molecule has 0 fully saturated rings. The van der Waals surface area contributed by atoms with Crippen LogP contribution in [0.3, 0.4) is 0 Å². The van der Waals surface area contributed by atoms with Crippen molar-refractivity contribution in [3.05, 3.63) is 53.3 Å². The predicted octanol–water partition coefficient (Wildman–Crippen LogP) is 2.87. The van der Waals surface area contributed by atoms with Crippen LogP contribution in [0.2, 0.25) is 5.02 Å². The Morgan fingerprint density at radius 2 is 2.12 bits per heavy atom. The van der Waals surface area contributed by atoms with Gasteiger partial charge in [-0.05, 0) is 36.6 Å². The Kier molecular flexibility index (Phi) is 3.64. The molecule has 1 aromatic heterocycles. The Morgan fingerprint density at radius 3 is 2.69 bits per heavy atom. The van der Waals surface area contributed by atoms with Gasteiger partial charge < -0.3 is 0 Å². The van der Waals surface area contributed by atoms with E-state index < -0.39 is 0 Å². The molecule has 0 bridgehead atoms. The summed E-state index contributed by atoms with van der Waals surface area (Å²) >= 11 is 9.80. The number of rotatable bonds is 3. The van der Waals surface area contributed by atoms with E-state index in [1.165, 1.54) is 0 Å². The number of aromatic nitrogens is 2. The molecule has 2 rings (SSSR count). The van der Waals surface area contributed by atoms with Crippen LogP contribution in [0.15, 0.2) is 47.1 Å². The highest BCUT2D eigenvalue weighted by Gasteiger charge is 2.04. The Hall–Kier alpha value is -1.26. The van der Waals surface area contributed by atoms with E-state index >= 15 is 0 Å². The number of nitrogens with zero attached hydrogens (tertiary/aromatic N) is 3. The molecule has 16 heavy (non-hydrogen) atoms. The third kappa shape index (κ3) is 2.65. The second-order valence-corrected chi connectivity index (χ2v) is 3.89. The lowest BCUT2D eigenvalue weighted by Gasteiger charge is -2.05. The summed E-state index contributed by atoms with van der Waals surface area (Å²) in [7, 11) is 0. The average molecular weight is 252 g/mol. The van der Waals surface area contributed by atoms with Gasteiger partial charge in [-0.15, -0.1) is 0 Å². The molecule has 0 saturated carbocycles. The van der Waals surface area contributed by atoms with Gasteiger partial charge >= 0.3 is 0 Å². The molecule has 82 valence electrons. The van der Waals surface area contributed by atoms with Crippen LogP contribution in [0.25, 0.3) is 0 Å². The molecule has 0 N–H and O–H groups in total.